The molecule has 0 aliphatic rings. The summed E-state index contributed by atoms with van der Waals surface area (Å²) in [6.45, 7) is 1.55. The highest BCUT2D eigenvalue weighted by atomic mass is 35.5. The van der Waals surface area contributed by atoms with E-state index in [0.29, 0.717) is 5.56 Å². The normalized spacial score (nSPS) is 10.1. The molecule has 1 rings (SSSR count). The van der Waals surface area contributed by atoms with Gasteiger partial charge in [0.25, 0.3) is 5.56 Å². The van der Waals surface area contributed by atoms with Crippen LogP contribution < -0.4 is 5.56 Å². The third kappa shape index (κ3) is 1.58. The van der Waals surface area contributed by atoms with Gasteiger partial charge in [-0.2, -0.15) is 0 Å². The summed E-state index contributed by atoms with van der Waals surface area (Å²) in [5, 5.41) is 8.65. The molecular formula is C8H8ClNO3. The van der Waals surface area contributed by atoms with E-state index in [1.165, 1.54) is 13.1 Å². The Morgan fingerprint density at radius 2 is 2.15 bits per heavy atom. The Labute approximate surface area is 79.4 Å². The van der Waals surface area contributed by atoms with Crippen molar-refractivity contribution in [3.8, 4) is 0 Å². The minimum Gasteiger partial charge on any atom is -0.478 e. The number of aromatic nitrogens is 1. The van der Waals surface area contributed by atoms with Crippen molar-refractivity contribution >= 4 is 17.6 Å². The monoisotopic (exact) mass is 201 g/mol. The molecule has 0 radical (unpaired) electrons. The minimum absolute atomic E-state index is 0.0527. The first kappa shape index (κ1) is 9.80. The van der Waals surface area contributed by atoms with Gasteiger partial charge in [0, 0.05) is 12.6 Å². The molecular weight excluding hydrogens is 194 g/mol. The zero-order valence-electron chi connectivity index (χ0n) is 7.17. The summed E-state index contributed by atoms with van der Waals surface area (Å²) in [4.78, 5) is 21.9. The van der Waals surface area contributed by atoms with Gasteiger partial charge in [0.2, 0.25) is 0 Å². The van der Waals surface area contributed by atoms with Crippen molar-refractivity contribution in [1.29, 1.82) is 0 Å². The Balaban J connectivity index is 3.60. The molecule has 0 atom stereocenters. The van der Waals surface area contributed by atoms with E-state index in [2.05, 4.69) is 0 Å². The molecule has 0 saturated heterocycles. The lowest BCUT2D eigenvalue weighted by Crippen LogP contribution is -2.22. The number of pyridine rings is 1. The van der Waals surface area contributed by atoms with Crippen molar-refractivity contribution in [1.82, 2.24) is 4.57 Å². The van der Waals surface area contributed by atoms with Crippen molar-refractivity contribution in [3.63, 3.8) is 0 Å². The minimum atomic E-state index is -1.14. The summed E-state index contributed by atoms with van der Waals surface area (Å²) in [6.07, 6.45) is 0. The number of hydrogen-bond acceptors (Lipinski definition) is 2. The van der Waals surface area contributed by atoms with Gasteiger partial charge in [-0.25, -0.2) is 4.79 Å². The summed E-state index contributed by atoms with van der Waals surface area (Å²) in [5.74, 6) is -1.14. The van der Waals surface area contributed by atoms with Crippen LogP contribution in [0.25, 0.3) is 0 Å². The standard InChI is InChI=1S/C8H8ClNO3/c1-4-3-5(8(12)13)6(9)10(2)7(4)11/h3H,1-2H3,(H,12,13). The van der Waals surface area contributed by atoms with Crippen molar-refractivity contribution in [3.05, 3.63) is 32.7 Å². The molecule has 0 spiro atoms. The van der Waals surface area contributed by atoms with E-state index in [0.717, 1.165) is 4.57 Å². The van der Waals surface area contributed by atoms with Crippen LogP contribution in [-0.2, 0) is 7.05 Å². The number of hydrogen-bond donors (Lipinski definition) is 1. The van der Waals surface area contributed by atoms with E-state index in [1.54, 1.807) is 6.92 Å². The number of halogens is 1. The second-order valence-corrected chi connectivity index (χ2v) is 3.06. The molecule has 70 valence electrons. The molecule has 1 aromatic heterocycles. The third-order valence-electron chi connectivity index (χ3n) is 1.75. The Bertz CT molecular complexity index is 422. The Morgan fingerprint density at radius 3 is 2.62 bits per heavy atom. The summed E-state index contributed by atoms with van der Waals surface area (Å²) >= 11 is 5.65. The Morgan fingerprint density at radius 1 is 1.62 bits per heavy atom. The predicted octanol–water partition coefficient (Wildman–Crippen LogP) is 1.05. The van der Waals surface area contributed by atoms with Gasteiger partial charge in [-0.3, -0.25) is 4.79 Å². The third-order valence-corrected chi connectivity index (χ3v) is 2.21. The van der Waals surface area contributed by atoms with E-state index in [9.17, 15) is 9.59 Å². The number of rotatable bonds is 1. The molecule has 0 saturated carbocycles. The van der Waals surface area contributed by atoms with E-state index in [1.807, 2.05) is 0 Å². The number of carboxylic acids is 1. The van der Waals surface area contributed by atoms with Gasteiger partial charge in [0.05, 0.1) is 5.56 Å². The first-order valence-electron chi connectivity index (χ1n) is 3.54. The van der Waals surface area contributed by atoms with Crippen molar-refractivity contribution in [2.75, 3.05) is 0 Å². The lowest BCUT2D eigenvalue weighted by atomic mass is 10.2. The molecule has 0 amide bonds. The van der Waals surface area contributed by atoms with Gasteiger partial charge >= 0.3 is 5.97 Å². The topological polar surface area (TPSA) is 59.3 Å². The zero-order valence-corrected chi connectivity index (χ0v) is 7.92. The van der Waals surface area contributed by atoms with E-state index >= 15 is 0 Å². The quantitative estimate of drug-likeness (QED) is 0.691. The molecule has 5 heteroatoms. The van der Waals surface area contributed by atoms with Gasteiger partial charge in [-0.1, -0.05) is 11.6 Å². The van der Waals surface area contributed by atoms with Gasteiger partial charge in [-0.15, -0.1) is 0 Å². The molecule has 0 unspecified atom stereocenters. The molecule has 0 aliphatic heterocycles. The van der Waals surface area contributed by atoms with E-state index in [-0.39, 0.29) is 16.3 Å². The molecule has 1 aromatic rings. The van der Waals surface area contributed by atoms with Crippen LogP contribution in [0.3, 0.4) is 0 Å². The summed E-state index contributed by atoms with van der Waals surface area (Å²) in [6, 6.07) is 1.27. The molecule has 1 heterocycles. The van der Waals surface area contributed by atoms with E-state index in [4.69, 9.17) is 16.7 Å². The van der Waals surface area contributed by atoms with Crippen LogP contribution >= 0.6 is 11.6 Å². The highest BCUT2D eigenvalue weighted by Gasteiger charge is 2.13. The van der Waals surface area contributed by atoms with Crippen LogP contribution in [0.15, 0.2) is 10.9 Å². The van der Waals surface area contributed by atoms with Gasteiger partial charge < -0.3 is 9.67 Å². The molecule has 0 aromatic carbocycles. The first-order chi connectivity index (χ1) is 5.95. The maximum Gasteiger partial charge on any atom is 0.338 e. The second kappa shape index (κ2) is 3.22. The smallest absolute Gasteiger partial charge is 0.338 e. The van der Waals surface area contributed by atoms with Gasteiger partial charge in [0.15, 0.2) is 0 Å². The van der Waals surface area contributed by atoms with Crippen LogP contribution in [0.2, 0.25) is 5.15 Å². The van der Waals surface area contributed by atoms with Crippen LogP contribution in [0, 0.1) is 6.92 Å². The Hall–Kier alpha value is -1.29. The van der Waals surface area contributed by atoms with Crippen molar-refractivity contribution in [2.24, 2.45) is 7.05 Å². The molecule has 13 heavy (non-hydrogen) atoms. The van der Waals surface area contributed by atoms with Crippen LogP contribution in [-0.4, -0.2) is 15.6 Å². The van der Waals surface area contributed by atoms with E-state index < -0.39 is 5.97 Å². The highest BCUT2D eigenvalue weighted by Crippen LogP contribution is 2.13. The zero-order chi connectivity index (χ0) is 10.2. The molecule has 4 nitrogen and oxygen atoms in total. The van der Waals surface area contributed by atoms with Crippen molar-refractivity contribution in [2.45, 2.75) is 6.92 Å². The number of carboxylic acid groups (broad SMARTS) is 1. The average Bonchev–Trinajstić information content (AvgIpc) is 2.07. The molecule has 1 N–H and O–H groups in total. The molecule has 0 aliphatic carbocycles. The lowest BCUT2D eigenvalue weighted by Gasteiger charge is -2.05. The SMILES string of the molecule is Cc1cc(C(=O)O)c(Cl)n(C)c1=O. The second-order valence-electron chi connectivity index (χ2n) is 2.70. The maximum absolute atomic E-state index is 11.2. The van der Waals surface area contributed by atoms with Crippen LogP contribution in [0.1, 0.15) is 15.9 Å². The highest BCUT2D eigenvalue weighted by molar-refractivity contribution is 6.32. The number of aromatic carboxylic acids is 1. The molecule has 0 bridgehead atoms. The van der Waals surface area contributed by atoms with Crippen molar-refractivity contribution < 1.29 is 9.90 Å². The lowest BCUT2D eigenvalue weighted by molar-refractivity contribution is 0.0696. The number of aryl methyl sites for hydroxylation is 1. The van der Waals surface area contributed by atoms with Gasteiger partial charge in [0.1, 0.15) is 5.15 Å². The molecule has 0 fully saturated rings. The van der Waals surface area contributed by atoms with Crippen LogP contribution in [0.5, 0.6) is 0 Å². The fourth-order valence-electron chi connectivity index (χ4n) is 1.02. The number of nitrogens with zero attached hydrogens (tertiary/aromatic N) is 1. The van der Waals surface area contributed by atoms with Gasteiger partial charge in [-0.05, 0) is 13.0 Å². The first-order valence-corrected chi connectivity index (χ1v) is 3.92. The summed E-state index contributed by atoms with van der Waals surface area (Å²) in [5.41, 5.74) is 0.0283. The number of carbonyl (C=O) groups is 1. The summed E-state index contributed by atoms with van der Waals surface area (Å²) < 4.78 is 1.11. The average molecular weight is 202 g/mol. The largest absolute Gasteiger partial charge is 0.478 e. The fraction of sp³-hybridized carbons (Fsp3) is 0.250. The predicted molar refractivity (Wildman–Crippen MR) is 48.4 cm³/mol. The van der Waals surface area contributed by atoms with Crippen LogP contribution in [0.4, 0.5) is 0 Å². The fourth-order valence-corrected chi connectivity index (χ4v) is 1.23. The summed E-state index contributed by atoms with van der Waals surface area (Å²) in [7, 11) is 1.43. The maximum atomic E-state index is 11.2. The Kier molecular flexibility index (Phi) is 2.43.